The first-order chi connectivity index (χ1) is 11.6. The number of amides is 1. The van der Waals surface area contributed by atoms with Gasteiger partial charge in [-0.15, -0.1) is 11.3 Å². The Hall–Kier alpha value is -0.940. The number of rotatable bonds is 5. The summed E-state index contributed by atoms with van der Waals surface area (Å²) in [5.74, 6) is 2.03. The predicted octanol–water partition coefficient (Wildman–Crippen LogP) is 3.75. The van der Waals surface area contributed by atoms with Gasteiger partial charge in [0.2, 0.25) is 5.91 Å². The van der Waals surface area contributed by atoms with E-state index in [0.29, 0.717) is 17.7 Å². The lowest BCUT2D eigenvalue weighted by Crippen LogP contribution is -2.39. The third kappa shape index (κ3) is 4.57. The Morgan fingerprint density at radius 3 is 2.88 bits per heavy atom. The van der Waals surface area contributed by atoms with Crippen molar-refractivity contribution in [3.63, 3.8) is 0 Å². The molecule has 0 aliphatic carbocycles. The highest BCUT2D eigenvalue weighted by Crippen LogP contribution is 2.31. The van der Waals surface area contributed by atoms with E-state index in [-0.39, 0.29) is 0 Å². The minimum absolute atomic E-state index is 0.360. The molecular formula is C19H31N3OS. The Balaban J connectivity index is 1.51. The Bertz CT molecular complexity index is 536. The van der Waals surface area contributed by atoms with E-state index in [9.17, 15) is 4.79 Å². The second kappa shape index (κ2) is 8.43. The first-order valence-corrected chi connectivity index (χ1v) is 10.4. The molecule has 2 aliphatic heterocycles. The van der Waals surface area contributed by atoms with Gasteiger partial charge < -0.3 is 10.2 Å². The van der Waals surface area contributed by atoms with Gasteiger partial charge in [0, 0.05) is 30.8 Å². The molecule has 1 aromatic heterocycles. The lowest BCUT2D eigenvalue weighted by molar-refractivity contribution is -0.132. The van der Waals surface area contributed by atoms with Crippen LogP contribution in [0.1, 0.15) is 74.9 Å². The fraction of sp³-hybridized carbons (Fsp3) is 0.789. The van der Waals surface area contributed by atoms with Crippen molar-refractivity contribution in [2.24, 2.45) is 5.92 Å². The first-order valence-electron chi connectivity index (χ1n) is 9.57. The lowest BCUT2D eigenvalue weighted by Gasteiger charge is -2.32. The summed E-state index contributed by atoms with van der Waals surface area (Å²) in [5, 5.41) is 6.82. The molecule has 2 fully saturated rings. The third-order valence-corrected chi connectivity index (χ3v) is 6.51. The van der Waals surface area contributed by atoms with Gasteiger partial charge in [0.25, 0.3) is 0 Å². The van der Waals surface area contributed by atoms with Crippen molar-refractivity contribution in [1.29, 1.82) is 0 Å². The van der Waals surface area contributed by atoms with Crippen molar-refractivity contribution in [3.8, 4) is 0 Å². The van der Waals surface area contributed by atoms with E-state index in [0.717, 1.165) is 51.4 Å². The summed E-state index contributed by atoms with van der Waals surface area (Å²) in [5.41, 5.74) is 1.20. The Morgan fingerprint density at radius 1 is 1.38 bits per heavy atom. The van der Waals surface area contributed by atoms with Gasteiger partial charge in [0.15, 0.2) is 0 Å². The van der Waals surface area contributed by atoms with Gasteiger partial charge >= 0.3 is 0 Å². The topological polar surface area (TPSA) is 45.2 Å². The van der Waals surface area contributed by atoms with Gasteiger partial charge in [0.05, 0.1) is 10.7 Å². The number of likely N-dealkylation sites (tertiary alicyclic amines) is 1. The zero-order valence-corrected chi connectivity index (χ0v) is 15.9. The van der Waals surface area contributed by atoms with Gasteiger partial charge in [0.1, 0.15) is 0 Å². The summed E-state index contributed by atoms with van der Waals surface area (Å²) in [7, 11) is 0. The van der Waals surface area contributed by atoms with Crippen LogP contribution in [0.25, 0.3) is 0 Å². The molecule has 3 heterocycles. The first kappa shape index (κ1) is 17.9. The van der Waals surface area contributed by atoms with Crippen molar-refractivity contribution in [2.45, 2.75) is 64.2 Å². The molecule has 1 N–H and O–H groups in total. The summed E-state index contributed by atoms with van der Waals surface area (Å²) in [6, 6.07) is 0. The standard InChI is InChI=1S/C19H31N3OS/c1-14(2)17-13-24-19(21-17)16-4-3-11-22(12-16)18(23)6-5-15-7-9-20-10-8-15/h13-16,20H,3-12H2,1-2H3. The number of carbonyl (C=O) groups is 1. The van der Waals surface area contributed by atoms with Crippen LogP contribution in [0.3, 0.4) is 0 Å². The van der Waals surface area contributed by atoms with Crippen molar-refractivity contribution < 1.29 is 4.79 Å². The maximum Gasteiger partial charge on any atom is 0.222 e. The van der Waals surface area contributed by atoms with Gasteiger partial charge in [-0.2, -0.15) is 0 Å². The summed E-state index contributed by atoms with van der Waals surface area (Å²) in [6.45, 7) is 8.42. The molecule has 2 aliphatic rings. The number of hydrogen-bond donors (Lipinski definition) is 1. The normalized spacial score (nSPS) is 23.0. The number of aromatic nitrogens is 1. The average molecular weight is 350 g/mol. The molecule has 1 aromatic rings. The number of hydrogen-bond acceptors (Lipinski definition) is 4. The van der Waals surface area contributed by atoms with Crippen LogP contribution in [-0.2, 0) is 4.79 Å². The molecule has 0 spiro atoms. The van der Waals surface area contributed by atoms with E-state index < -0.39 is 0 Å². The summed E-state index contributed by atoms with van der Waals surface area (Å²) < 4.78 is 0. The molecule has 2 saturated heterocycles. The van der Waals surface area contributed by atoms with Crippen LogP contribution in [-0.4, -0.2) is 42.0 Å². The molecule has 0 aromatic carbocycles. The van der Waals surface area contributed by atoms with Crippen LogP contribution < -0.4 is 5.32 Å². The fourth-order valence-electron chi connectivity index (χ4n) is 3.81. The summed E-state index contributed by atoms with van der Waals surface area (Å²) >= 11 is 1.78. The molecule has 0 bridgehead atoms. The molecular weight excluding hydrogens is 318 g/mol. The van der Waals surface area contributed by atoms with E-state index in [1.165, 1.54) is 30.0 Å². The van der Waals surface area contributed by atoms with Crippen LogP contribution in [0.2, 0.25) is 0 Å². The molecule has 1 amide bonds. The number of nitrogens with one attached hydrogen (secondary N) is 1. The highest BCUT2D eigenvalue weighted by molar-refractivity contribution is 7.09. The van der Waals surface area contributed by atoms with E-state index in [1.807, 2.05) is 0 Å². The van der Waals surface area contributed by atoms with Gasteiger partial charge in [-0.05, 0) is 57.0 Å². The molecule has 24 heavy (non-hydrogen) atoms. The van der Waals surface area contributed by atoms with Gasteiger partial charge in [-0.3, -0.25) is 4.79 Å². The van der Waals surface area contributed by atoms with Crippen molar-refractivity contribution >= 4 is 17.2 Å². The third-order valence-electron chi connectivity index (χ3n) is 5.48. The van der Waals surface area contributed by atoms with Crippen LogP contribution >= 0.6 is 11.3 Å². The second-order valence-corrected chi connectivity index (χ2v) is 8.57. The largest absolute Gasteiger partial charge is 0.342 e. The molecule has 1 unspecified atom stereocenters. The minimum Gasteiger partial charge on any atom is -0.342 e. The molecule has 0 radical (unpaired) electrons. The molecule has 3 rings (SSSR count). The minimum atomic E-state index is 0.360. The highest BCUT2D eigenvalue weighted by atomic mass is 32.1. The molecule has 4 nitrogen and oxygen atoms in total. The summed E-state index contributed by atoms with van der Waals surface area (Å²) in [4.78, 5) is 19.5. The van der Waals surface area contributed by atoms with Gasteiger partial charge in [-0.1, -0.05) is 13.8 Å². The zero-order valence-electron chi connectivity index (χ0n) is 15.1. The average Bonchev–Trinajstić information content (AvgIpc) is 3.11. The van der Waals surface area contributed by atoms with Gasteiger partial charge in [-0.25, -0.2) is 4.98 Å². The van der Waals surface area contributed by atoms with E-state index in [2.05, 4.69) is 29.4 Å². The van der Waals surface area contributed by atoms with E-state index in [1.54, 1.807) is 11.3 Å². The number of thiazole rings is 1. The molecule has 1 atom stereocenters. The zero-order chi connectivity index (χ0) is 16.9. The predicted molar refractivity (Wildman–Crippen MR) is 99.6 cm³/mol. The van der Waals surface area contributed by atoms with Crippen molar-refractivity contribution in [1.82, 2.24) is 15.2 Å². The second-order valence-electron chi connectivity index (χ2n) is 7.68. The SMILES string of the molecule is CC(C)c1csc(C2CCCN(C(=O)CCC3CCNCC3)C2)n1. The van der Waals surface area contributed by atoms with E-state index >= 15 is 0 Å². The van der Waals surface area contributed by atoms with E-state index in [4.69, 9.17) is 4.98 Å². The molecule has 134 valence electrons. The Labute approximate surface area is 150 Å². The van der Waals surface area contributed by atoms with Crippen LogP contribution in [0.15, 0.2) is 5.38 Å². The summed E-state index contributed by atoms with van der Waals surface area (Å²) in [6.07, 6.45) is 6.53. The Kier molecular flexibility index (Phi) is 6.28. The maximum atomic E-state index is 12.6. The smallest absolute Gasteiger partial charge is 0.222 e. The van der Waals surface area contributed by atoms with Crippen molar-refractivity contribution in [2.75, 3.05) is 26.2 Å². The molecule has 0 saturated carbocycles. The van der Waals surface area contributed by atoms with Crippen molar-refractivity contribution in [3.05, 3.63) is 16.1 Å². The molecule has 5 heteroatoms. The van der Waals surface area contributed by atoms with Crippen LogP contribution in [0, 0.1) is 5.92 Å². The lowest BCUT2D eigenvalue weighted by atomic mass is 9.92. The van der Waals surface area contributed by atoms with Crippen LogP contribution in [0.4, 0.5) is 0 Å². The fourth-order valence-corrected chi connectivity index (χ4v) is 4.92. The number of piperidine rings is 2. The Morgan fingerprint density at radius 2 is 2.17 bits per heavy atom. The quantitative estimate of drug-likeness (QED) is 0.880. The van der Waals surface area contributed by atoms with Crippen LogP contribution in [0.5, 0.6) is 0 Å². The monoisotopic (exact) mass is 349 g/mol. The highest BCUT2D eigenvalue weighted by Gasteiger charge is 2.27. The number of carbonyl (C=O) groups excluding carboxylic acids is 1. The maximum absolute atomic E-state index is 12.6. The number of nitrogens with zero attached hydrogens (tertiary/aromatic N) is 2.